The molecule has 0 aliphatic rings. The van der Waals surface area contributed by atoms with Gasteiger partial charge in [-0.1, -0.05) is 31.2 Å². The minimum absolute atomic E-state index is 0.167. The zero-order valence-corrected chi connectivity index (χ0v) is 11.6. The van der Waals surface area contributed by atoms with Crippen molar-refractivity contribution < 1.29 is 8.78 Å². The third kappa shape index (κ3) is 3.84. The molecule has 0 aliphatic heterocycles. The van der Waals surface area contributed by atoms with Crippen LogP contribution in [0.3, 0.4) is 0 Å². The molecule has 0 aliphatic carbocycles. The number of benzene rings is 1. The normalized spacial score (nSPS) is 11.2. The predicted octanol–water partition coefficient (Wildman–Crippen LogP) is 2.35. The summed E-state index contributed by atoms with van der Waals surface area (Å²) in [6.45, 7) is 5.92. The highest BCUT2D eigenvalue weighted by Gasteiger charge is 2.09. The average Bonchev–Trinajstić information content (AvgIpc) is 2.82. The molecular weight excluding hydrogens is 262 g/mol. The van der Waals surface area contributed by atoms with Crippen LogP contribution in [0.2, 0.25) is 0 Å². The number of hydrogen-bond donors (Lipinski definition) is 1. The fraction of sp³-hybridized carbons (Fsp3) is 0.429. The largest absolute Gasteiger partial charge is 0.311 e. The average molecular weight is 280 g/mol. The van der Waals surface area contributed by atoms with Crippen LogP contribution in [-0.2, 0) is 13.1 Å². The molecule has 0 saturated heterocycles. The van der Waals surface area contributed by atoms with Gasteiger partial charge in [-0.15, -0.1) is 5.10 Å². The van der Waals surface area contributed by atoms with Crippen LogP contribution < -0.4 is 5.32 Å². The first kappa shape index (κ1) is 14.6. The molecule has 108 valence electrons. The van der Waals surface area contributed by atoms with E-state index in [2.05, 4.69) is 29.5 Å². The van der Waals surface area contributed by atoms with Crippen molar-refractivity contribution in [2.45, 2.75) is 26.9 Å². The van der Waals surface area contributed by atoms with Crippen LogP contribution in [0.5, 0.6) is 0 Å². The van der Waals surface area contributed by atoms with Crippen LogP contribution in [0.4, 0.5) is 8.78 Å². The Morgan fingerprint density at radius 3 is 2.85 bits per heavy atom. The summed E-state index contributed by atoms with van der Waals surface area (Å²) in [4.78, 5) is 0. The lowest BCUT2D eigenvalue weighted by molar-refractivity contribution is 0.490. The Labute approximate surface area is 116 Å². The summed E-state index contributed by atoms with van der Waals surface area (Å²) in [6.07, 6.45) is 1.73. The monoisotopic (exact) mass is 280 g/mol. The van der Waals surface area contributed by atoms with Crippen LogP contribution in [0.1, 0.15) is 25.1 Å². The number of nitrogens with zero attached hydrogens (tertiary/aromatic N) is 3. The van der Waals surface area contributed by atoms with Crippen molar-refractivity contribution in [3.8, 4) is 0 Å². The molecule has 2 rings (SSSR count). The SMILES string of the molecule is CC(C)CNCc1cn(Cc2cccc(F)c2F)nn1. The third-order valence-corrected chi connectivity index (χ3v) is 2.81. The quantitative estimate of drug-likeness (QED) is 0.883. The van der Waals surface area contributed by atoms with Gasteiger partial charge in [-0.25, -0.2) is 13.5 Å². The van der Waals surface area contributed by atoms with Gasteiger partial charge in [0.25, 0.3) is 0 Å². The van der Waals surface area contributed by atoms with E-state index >= 15 is 0 Å². The van der Waals surface area contributed by atoms with Gasteiger partial charge in [-0.05, 0) is 18.5 Å². The molecule has 1 aromatic carbocycles. The zero-order valence-electron chi connectivity index (χ0n) is 11.6. The van der Waals surface area contributed by atoms with E-state index in [0.29, 0.717) is 12.5 Å². The Hall–Kier alpha value is -1.82. The molecule has 0 unspecified atom stereocenters. The number of hydrogen-bond acceptors (Lipinski definition) is 3. The van der Waals surface area contributed by atoms with E-state index < -0.39 is 11.6 Å². The van der Waals surface area contributed by atoms with E-state index in [1.54, 1.807) is 6.20 Å². The Bertz CT molecular complexity index is 566. The van der Waals surface area contributed by atoms with E-state index in [1.165, 1.54) is 16.8 Å². The van der Waals surface area contributed by atoms with E-state index in [1.807, 2.05) is 0 Å². The van der Waals surface area contributed by atoms with Gasteiger partial charge in [-0.2, -0.15) is 0 Å². The lowest BCUT2D eigenvalue weighted by Gasteiger charge is -2.04. The molecule has 0 saturated carbocycles. The zero-order chi connectivity index (χ0) is 14.5. The number of nitrogens with one attached hydrogen (secondary N) is 1. The Kier molecular flexibility index (Phi) is 4.79. The highest BCUT2D eigenvalue weighted by Crippen LogP contribution is 2.12. The Balaban J connectivity index is 1.97. The van der Waals surface area contributed by atoms with Gasteiger partial charge >= 0.3 is 0 Å². The van der Waals surface area contributed by atoms with Crippen molar-refractivity contribution in [1.82, 2.24) is 20.3 Å². The van der Waals surface area contributed by atoms with Crippen molar-refractivity contribution in [2.24, 2.45) is 5.92 Å². The Morgan fingerprint density at radius 2 is 2.10 bits per heavy atom. The fourth-order valence-electron chi connectivity index (χ4n) is 1.83. The molecule has 1 N–H and O–H groups in total. The number of rotatable bonds is 6. The van der Waals surface area contributed by atoms with E-state index in [4.69, 9.17) is 0 Å². The second kappa shape index (κ2) is 6.56. The van der Waals surface area contributed by atoms with Crippen LogP contribution >= 0.6 is 0 Å². The van der Waals surface area contributed by atoms with Gasteiger partial charge < -0.3 is 5.32 Å². The standard InChI is InChI=1S/C14H18F2N4/c1-10(2)6-17-7-12-9-20(19-18-12)8-11-4-3-5-13(15)14(11)16/h3-5,9-10,17H,6-8H2,1-2H3. The van der Waals surface area contributed by atoms with E-state index in [0.717, 1.165) is 18.3 Å². The topological polar surface area (TPSA) is 42.7 Å². The molecule has 0 atom stereocenters. The smallest absolute Gasteiger partial charge is 0.163 e. The second-order valence-electron chi connectivity index (χ2n) is 5.15. The highest BCUT2D eigenvalue weighted by molar-refractivity contribution is 5.19. The van der Waals surface area contributed by atoms with E-state index in [9.17, 15) is 8.78 Å². The van der Waals surface area contributed by atoms with Gasteiger partial charge in [0.1, 0.15) is 0 Å². The minimum atomic E-state index is -0.846. The van der Waals surface area contributed by atoms with Gasteiger partial charge in [-0.3, -0.25) is 0 Å². The minimum Gasteiger partial charge on any atom is -0.311 e. The maximum atomic E-state index is 13.5. The molecule has 6 heteroatoms. The molecule has 0 spiro atoms. The van der Waals surface area contributed by atoms with Crippen molar-refractivity contribution in [3.63, 3.8) is 0 Å². The molecule has 0 radical (unpaired) electrons. The number of aromatic nitrogens is 3. The summed E-state index contributed by atoms with van der Waals surface area (Å²) >= 11 is 0. The molecule has 0 amide bonds. The maximum absolute atomic E-state index is 13.5. The second-order valence-corrected chi connectivity index (χ2v) is 5.15. The molecule has 1 heterocycles. The lowest BCUT2D eigenvalue weighted by atomic mass is 10.2. The first-order valence-corrected chi connectivity index (χ1v) is 6.59. The first-order valence-electron chi connectivity index (χ1n) is 6.59. The Morgan fingerprint density at radius 1 is 1.30 bits per heavy atom. The van der Waals surface area contributed by atoms with Crippen molar-refractivity contribution in [3.05, 3.63) is 47.3 Å². The summed E-state index contributed by atoms with van der Waals surface area (Å²) in [7, 11) is 0. The fourth-order valence-corrected chi connectivity index (χ4v) is 1.83. The summed E-state index contributed by atoms with van der Waals surface area (Å²) in [6, 6.07) is 4.12. The maximum Gasteiger partial charge on any atom is 0.163 e. The van der Waals surface area contributed by atoms with Crippen LogP contribution in [0.25, 0.3) is 0 Å². The molecular formula is C14H18F2N4. The molecule has 4 nitrogen and oxygen atoms in total. The number of halogens is 2. The van der Waals surface area contributed by atoms with Crippen LogP contribution in [0, 0.1) is 17.6 Å². The van der Waals surface area contributed by atoms with Crippen molar-refractivity contribution in [2.75, 3.05) is 6.54 Å². The van der Waals surface area contributed by atoms with Crippen LogP contribution in [-0.4, -0.2) is 21.5 Å². The molecule has 20 heavy (non-hydrogen) atoms. The van der Waals surface area contributed by atoms with Gasteiger partial charge in [0.15, 0.2) is 11.6 Å². The molecule has 1 aromatic heterocycles. The first-order chi connectivity index (χ1) is 9.56. The predicted molar refractivity (Wildman–Crippen MR) is 72.0 cm³/mol. The van der Waals surface area contributed by atoms with Crippen LogP contribution in [0.15, 0.2) is 24.4 Å². The molecule has 0 fully saturated rings. The van der Waals surface area contributed by atoms with Gasteiger partial charge in [0, 0.05) is 12.1 Å². The summed E-state index contributed by atoms with van der Waals surface area (Å²) < 4.78 is 28.1. The molecule has 2 aromatic rings. The lowest BCUT2D eigenvalue weighted by Crippen LogP contribution is -2.19. The summed E-state index contributed by atoms with van der Waals surface area (Å²) in [5.41, 5.74) is 1.04. The molecule has 0 bridgehead atoms. The third-order valence-electron chi connectivity index (χ3n) is 2.81. The van der Waals surface area contributed by atoms with Gasteiger partial charge in [0.05, 0.1) is 18.4 Å². The summed E-state index contributed by atoms with van der Waals surface area (Å²) in [5.74, 6) is -1.12. The van der Waals surface area contributed by atoms with Crippen molar-refractivity contribution in [1.29, 1.82) is 0 Å². The van der Waals surface area contributed by atoms with E-state index in [-0.39, 0.29) is 12.1 Å². The summed E-state index contributed by atoms with van der Waals surface area (Å²) in [5, 5.41) is 11.2. The van der Waals surface area contributed by atoms with Gasteiger partial charge in [0.2, 0.25) is 0 Å². The van der Waals surface area contributed by atoms with Crippen molar-refractivity contribution >= 4 is 0 Å². The highest BCUT2D eigenvalue weighted by atomic mass is 19.2.